The van der Waals surface area contributed by atoms with Crippen molar-refractivity contribution in [1.82, 2.24) is 29.6 Å². The molecule has 4 aromatic carbocycles. The number of thioether (sulfide) groups is 1. The number of sulfonamides is 1. The van der Waals surface area contributed by atoms with E-state index in [1.54, 1.807) is 17.0 Å². The van der Waals surface area contributed by atoms with E-state index < -0.39 is 76.6 Å². The van der Waals surface area contributed by atoms with Crippen molar-refractivity contribution in [3.05, 3.63) is 124 Å². The number of carbonyl (C=O) groups excluding carboxylic acids is 4. The van der Waals surface area contributed by atoms with Gasteiger partial charge in [-0.2, -0.15) is 13.2 Å². The van der Waals surface area contributed by atoms with Crippen LogP contribution in [0, 0.1) is 16.2 Å². The maximum atomic E-state index is 14.5. The molecule has 6 fully saturated rings. The molecule has 4 aromatic rings. The van der Waals surface area contributed by atoms with E-state index in [9.17, 15) is 58.0 Å². The summed E-state index contributed by atoms with van der Waals surface area (Å²) in [6, 6.07) is 22.6. The van der Waals surface area contributed by atoms with Crippen molar-refractivity contribution in [3.8, 4) is 0 Å². The zero-order valence-electron chi connectivity index (χ0n) is 49.7. The van der Waals surface area contributed by atoms with Gasteiger partial charge in [0.15, 0.2) is 0 Å². The smallest absolute Gasteiger partial charge is 0.380 e. The van der Waals surface area contributed by atoms with Crippen LogP contribution in [0.4, 0.5) is 33.3 Å². The van der Waals surface area contributed by atoms with Crippen LogP contribution in [0.25, 0.3) is 0 Å². The number of nitrogens with zero attached hydrogens (tertiary/aromatic N) is 5. The van der Waals surface area contributed by atoms with E-state index in [-0.39, 0.29) is 34.6 Å². The number of hydrogen-bond donors (Lipinski definition) is 3. The number of fused-ring (bicyclic) bond motifs is 1. The Morgan fingerprint density at radius 3 is 2.15 bits per heavy atom. The Hall–Kier alpha value is -5.92. The maximum absolute atomic E-state index is 14.5. The van der Waals surface area contributed by atoms with Gasteiger partial charge in [0.2, 0.25) is 18.2 Å². The normalized spacial score (nSPS) is 24.0. The van der Waals surface area contributed by atoms with E-state index >= 15 is 0 Å². The van der Waals surface area contributed by atoms with Gasteiger partial charge >= 0.3 is 5.51 Å². The maximum Gasteiger partial charge on any atom is 0.501 e. The molecule has 474 valence electrons. The number of sulfone groups is 1. The molecule has 16 nitrogen and oxygen atoms in total. The molecule has 4 aliphatic carbocycles. The molecular weight excluding hydrogens is 1200 g/mol. The van der Waals surface area contributed by atoms with E-state index in [0.29, 0.717) is 75.7 Å². The zero-order chi connectivity index (χ0) is 62.4. The van der Waals surface area contributed by atoms with E-state index in [1.165, 1.54) is 35.0 Å². The molecule has 4 aliphatic heterocycles. The highest BCUT2D eigenvalue weighted by molar-refractivity contribution is 7.99. The van der Waals surface area contributed by atoms with Crippen LogP contribution in [0.15, 0.2) is 117 Å². The van der Waals surface area contributed by atoms with Gasteiger partial charge in [0.05, 0.1) is 10.6 Å². The zero-order valence-corrected chi connectivity index (χ0v) is 52.1. The molecule has 3 saturated carbocycles. The molecule has 2 atom stereocenters. The van der Waals surface area contributed by atoms with Crippen LogP contribution in [0.3, 0.4) is 0 Å². The number of aryl methyl sites for hydroxylation is 1. The SMILES string of the molecule is CC1(C)CCC(CN2CCN(c3ccc(C(=O)NS(=O)(=O)c4ccc(N[C@H](CCN5CCN(CCCCc6ccc7c(c6)CN(C6CCC(=O)NC6=O)C7=O)CC5)CSc5ccccc5)c(S(=O)(=O)C(F)(F)F)c4)cc3)CC2)=C(C23CC(C(F)F)(C2)C3)C1. The summed E-state index contributed by atoms with van der Waals surface area (Å²) in [6.07, 6.45) is 6.04. The first-order valence-corrected chi connectivity index (χ1v) is 34.5. The lowest BCUT2D eigenvalue weighted by atomic mass is 9.32. The summed E-state index contributed by atoms with van der Waals surface area (Å²) in [5, 5.41) is 5.39. The average Bonchev–Trinajstić information content (AvgIpc) is 0.737. The van der Waals surface area contributed by atoms with Gasteiger partial charge in [-0.25, -0.2) is 30.3 Å². The number of unbranched alkanes of at least 4 members (excludes halogenated alkanes) is 1. The van der Waals surface area contributed by atoms with Crippen LogP contribution in [0.5, 0.6) is 0 Å². The molecular formula is C64H77F5N8O8S3. The Morgan fingerprint density at radius 1 is 0.795 bits per heavy atom. The molecule has 3 N–H and O–H groups in total. The fraction of sp³-hybridized carbons (Fsp3) is 0.531. The number of anilines is 2. The fourth-order valence-electron chi connectivity index (χ4n) is 14.3. The summed E-state index contributed by atoms with van der Waals surface area (Å²) >= 11 is 1.44. The molecule has 1 unspecified atom stereocenters. The van der Waals surface area contributed by atoms with Crippen molar-refractivity contribution in [1.29, 1.82) is 0 Å². The number of carbonyl (C=O) groups is 4. The number of imide groups is 1. The fourth-order valence-corrected chi connectivity index (χ4v) is 17.3. The summed E-state index contributed by atoms with van der Waals surface area (Å²) < 4.78 is 127. The van der Waals surface area contributed by atoms with Gasteiger partial charge in [-0.3, -0.25) is 29.4 Å². The standard InChI is InChI=1S/C64H77F5N8O8S3/c1-61(2)23-21-45(52(36-61)62-40-63(41-62,42-62)60(65)66)37-75-30-32-76(33-31-75)48-14-12-44(13-15-48)57(79)72-88(84,85)50-16-18-53(55(35-50)87(82,83)64(67,68)69)70-47(39-86-49-9-4-3-5-10-49)22-25-74-28-26-73(27-29-74)24-7-6-8-43-11-17-51-46(34-43)38-77(59(51)81)54-19-20-56(78)71-58(54)80/h3-5,9-18,34-35,47,54,60,70H,6-8,19-33,36-42H2,1-2H3,(H,72,79)(H,71,78,80)/t47-,54?,62?,63?/m1/s1. The predicted molar refractivity (Wildman–Crippen MR) is 326 cm³/mol. The Kier molecular flexibility index (Phi) is 18.4. The van der Waals surface area contributed by atoms with Crippen LogP contribution in [0.2, 0.25) is 0 Å². The third kappa shape index (κ3) is 13.7. The van der Waals surface area contributed by atoms with Crippen molar-refractivity contribution < 1.29 is 58.0 Å². The third-order valence-electron chi connectivity index (χ3n) is 19.3. The number of alkyl halides is 5. The molecule has 3 saturated heterocycles. The van der Waals surface area contributed by atoms with Crippen LogP contribution in [0.1, 0.15) is 116 Å². The molecule has 24 heteroatoms. The van der Waals surface area contributed by atoms with Gasteiger partial charge in [-0.15, -0.1) is 11.8 Å². The molecule has 2 bridgehead atoms. The Labute approximate surface area is 516 Å². The van der Waals surface area contributed by atoms with Crippen molar-refractivity contribution >= 4 is 66.6 Å². The first-order chi connectivity index (χ1) is 41.8. The Morgan fingerprint density at radius 2 is 1.48 bits per heavy atom. The summed E-state index contributed by atoms with van der Waals surface area (Å²) in [6.45, 7) is 13.0. The van der Waals surface area contributed by atoms with Crippen LogP contribution in [-0.4, -0.2) is 162 Å². The molecule has 0 radical (unpaired) electrons. The molecule has 4 amide bonds. The van der Waals surface area contributed by atoms with E-state index in [4.69, 9.17) is 0 Å². The Balaban J connectivity index is 0.679. The lowest BCUT2D eigenvalue weighted by molar-refractivity contribution is -0.250. The molecule has 88 heavy (non-hydrogen) atoms. The van der Waals surface area contributed by atoms with Gasteiger partial charge in [0.25, 0.3) is 31.7 Å². The first-order valence-electron chi connectivity index (χ1n) is 30.5. The van der Waals surface area contributed by atoms with Crippen molar-refractivity contribution in [3.63, 3.8) is 0 Å². The number of hydrogen-bond acceptors (Lipinski definition) is 14. The monoisotopic (exact) mass is 1280 g/mol. The second kappa shape index (κ2) is 25.4. The number of allylic oxidation sites excluding steroid dienone is 1. The summed E-state index contributed by atoms with van der Waals surface area (Å²) in [7, 11) is -11.1. The quantitative estimate of drug-likeness (QED) is 0.0209. The molecule has 4 heterocycles. The number of rotatable bonds is 23. The number of benzene rings is 4. The minimum absolute atomic E-state index is 0.0399. The van der Waals surface area contributed by atoms with Gasteiger partial charge in [-0.05, 0) is 160 Å². The highest BCUT2D eigenvalue weighted by Gasteiger charge is 2.73. The van der Waals surface area contributed by atoms with E-state index in [0.717, 1.165) is 125 Å². The minimum Gasteiger partial charge on any atom is -0.380 e. The first kappa shape index (κ1) is 63.6. The van der Waals surface area contributed by atoms with Crippen LogP contribution < -0.4 is 20.3 Å². The highest BCUT2D eigenvalue weighted by atomic mass is 32.2. The lowest BCUT2D eigenvalue weighted by Crippen LogP contribution is -2.66. The average molecular weight is 1280 g/mol. The molecule has 12 rings (SSSR count). The predicted octanol–water partition coefficient (Wildman–Crippen LogP) is 9.53. The summed E-state index contributed by atoms with van der Waals surface area (Å²) in [4.78, 5) is 60.4. The number of piperazine rings is 2. The second-order valence-corrected chi connectivity index (χ2v) is 30.7. The van der Waals surface area contributed by atoms with Crippen molar-refractivity contribution in [2.75, 3.05) is 88.0 Å². The number of halogens is 5. The second-order valence-electron chi connectivity index (χ2n) is 26.0. The lowest BCUT2D eigenvalue weighted by Gasteiger charge is -2.72. The van der Waals surface area contributed by atoms with Gasteiger partial charge in [0.1, 0.15) is 10.9 Å². The number of piperidine rings is 1. The number of nitrogens with one attached hydrogen (secondary N) is 3. The largest absolute Gasteiger partial charge is 0.501 e. The molecule has 0 aromatic heterocycles. The van der Waals surface area contributed by atoms with Gasteiger partial charge in [0, 0.05) is 117 Å². The summed E-state index contributed by atoms with van der Waals surface area (Å²) in [5.41, 5.74) is -0.801. The van der Waals surface area contributed by atoms with Gasteiger partial charge < -0.3 is 24.9 Å². The van der Waals surface area contributed by atoms with Gasteiger partial charge in [-0.1, -0.05) is 55.3 Å². The molecule has 8 aliphatic rings. The van der Waals surface area contributed by atoms with Crippen molar-refractivity contribution in [2.45, 2.75) is 136 Å². The molecule has 0 spiro atoms. The van der Waals surface area contributed by atoms with Crippen molar-refractivity contribution in [2.24, 2.45) is 16.2 Å². The van der Waals surface area contributed by atoms with Crippen LogP contribution in [-0.2, 0) is 42.4 Å². The third-order valence-corrected chi connectivity index (χ3v) is 23.3. The highest BCUT2D eigenvalue weighted by Crippen LogP contribution is 2.79. The Bertz CT molecular complexity index is 3540. The summed E-state index contributed by atoms with van der Waals surface area (Å²) in [5.74, 6) is -1.71. The number of amides is 4. The van der Waals surface area contributed by atoms with E-state index in [1.807, 2.05) is 53.3 Å². The van der Waals surface area contributed by atoms with E-state index in [2.05, 4.69) is 44.1 Å². The minimum atomic E-state index is -6.14. The topological polar surface area (TPSA) is 189 Å². The van der Waals surface area contributed by atoms with Crippen LogP contribution >= 0.6 is 11.8 Å².